The van der Waals surface area contributed by atoms with Gasteiger partial charge in [-0.05, 0) is 57.4 Å². The van der Waals surface area contributed by atoms with Gasteiger partial charge in [0.1, 0.15) is 0 Å². The number of rotatable bonds is 6. The fourth-order valence-corrected chi connectivity index (χ4v) is 4.95. The number of nitrogens with zero attached hydrogens (tertiary/aromatic N) is 3. The number of amides is 1. The second-order valence-electron chi connectivity index (χ2n) is 7.37. The number of benzene rings is 1. The third-order valence-corrected chi connectivity index (χ3v) is 6.94. The van der Waals surface area contributed by atoms with Gasteiger partial charge in [0.15, 0.2) is 0 Å². The maximum atomic E-state index is 12.5. The van der Waals surface area contributed by atoms with Crippen LogP contribution in [0.5, 0.6) is 0 Å². The van der Waals surface area contributed by atoms with Gasteiger partial charge in [-0.25, -0.2) is 17.4 Å². The molecule has 1 aromatic carbocycles. The van der Waals surface area contributed by atoms with Crippen molar-refractivity contribution in [1.29, 1.82) is 0 Å². The minimum absolute atomic E-state index is 0.0745. The van der Waals surface area contributed by atoms with E-state index in [1.54, 1.807) is 12.1 Å². The van der Waals surface area contributed by atoms with E-state index in [0.29, 0.717) is 18.7 Å². The van der Waals surface area contributed by atoms with Crippen LogP contribution in [0.4, 0.5) is 0 Å². The van der Waals surface area contributed by atoms with Crippen LogP contribution in [0.25, 0.3) is 5.69 Å². The third kappa shape index (κ3) is 4.62. The average Bonchev–Trinajstić information content (AvgIpc) is 3.00. The van der Waals surface area contributed by atoms with Crippen molar-refractivity contribution in [2.75, 3.05) is 25.4 Å². The van der Waals surface area contributed by atoms with Crippen LogP contribution >= 0.6 is 0 Å². The fraction of sp³-hybridized carbons (Fsp3) is 0.500. The Labute approximate surface area is 166 Å². The lowest BCUT2D eigenvalue weighted by Gasteiger charge is -2.25. The maximum Gasteiger partial charge on any atom is 0.251 e. The number of piperidine rings is 1. The Bertz CT molecular complexity index is 960. The molecule has 28 heavy (non-hydrogen) atoms. The highest BCUT2D eigenvalue weighted by molar-refractivity contribution is 7.89. The van der Waals surface area contributed by atoms with Crippen LogP contribution in [0.1, 0.15) is 46.6 Å². The number of nitrogens with one attached hydrogen (secondary N) is 1. The Kier molecular flexibility index (Phi) is 6.20. The summed E-state index contributed by atoms with van der Waals surface area (Å²) in [6.07, 6.45) is 2.89. The molecule has 1 amide bonds. The maximum absolute atomic E-state index is 12.5. The molecule has 0 saturated carbocycles. The predicted octanol–water partition coefficient (Wildman–Crippen LogP) is 2.34. The SMILES string of the molecule is Cc1cc(C)n(-c2cc(C(=O)NCCS(=O)(=O)N3CCCCC3)ccc2C)n1. The first-order valence-electron chi connectivity index (χ1n) is 9.68. The zero-order valence-electron chi connectivity index (χ0n) is 16.7. The molecule has 0 unspecified atom stereocenters. The Hall–Kier alpha value is -2.19. The normalized spacial score (nSPS) is 15.5. The summed E-state index contributed by atoms with van der Waals surface area (Å²) >= 11 is 0. The van der Waals surface area contributed by atoms with Crippen molar-refractivity contribution in [1.82, 2.24) is 19.4 Å². The van der Waals surface area contributed by atoms with Gasteiger partial charge in [-0.2, -0.15) is 5.10 Å². The third-order valence-electron chi connectivity index (χ3n) is 5.06. The van der Waals surface area contributed by atoms with E-state index >= 15 is 0 Å². The molecule has 0 radical (unpaired) electrons. The smallest absolute Gasteiger partial charge is 0.251 e. The molecular weight excluding hydrogens is 376 g/mol. The van der Waals surface area contributed by atoms with Gasteiger partial charge in [0, 0.05) is 30.9 Å². The van der Waals surface area contributed by atoms with Crippen molar-refractivity contribution < 1.29 is 13.2 Å². The van der Waals surface area contributed by atoms with E-state index in [4.69, 9.17) is 0 Å². The molecule has 152 valence electrons. The quantitative estimate of drug-likeness (QED) is 0.801. The molecule has 0 bridgehead atoms. The van der Waals surface area contributed by atoms with Crippen molar-refractivity contribution in [3.05, 3.63) is 46.8 Å². The van der Waals surface area contributed by atoms with E-state index in [1.807, 2.05) is 37.6 Å². The summed E-state index contributed by atoms with van der Waals surface area (Å²) in [4.78, 5) is 12.5. The van der Waals surface area contributed by atoms with Crippen molar-refractivity contribution >= 4 is 15.9 Å². The van der Waals surface area contributed by atoms with Gasteiger partial charge in [-0.3, -0.25) is 4.79 Å². The second kappa shape index (κ2) is 8.45. The van der Waals surface area contributed by atoms with Gasteiger partial charge in [0.25, 0.3) is 5.91 Å². The first-order chi connectivity index (χ1) is 13.3. The van der Waals surface area contributed by atoms with Gasteiger partial charge in [0.2, 0.25) is 10.0 Å². The number of aromatic nitrogens is 2. The molecule has 1 N–H and O–H groups in total. The molecule has 7 nitrogen and oxygen atoms in total. The van der Waals surface area contributed by atoms with Crippen LogP contribution in [0.15, 0.2) is 24.3 Å². The average molecular weight is 405 g/mol. The monoisotopic (exact) mass is 404 g/mol. The van der Waals surface area contributed by atoms with Crippen LogP contribution in [0, 0.1) is 20.8 Å². The standard InChI is InChI=1S/C20H28N4O3S/c1-15-7-8-18(14-19(15)24-17(3)13-16(2)22-24)20(25)21-9-12-28(26,27)23-10-5-4-6-11-23/h7-8,13-14H,4-6,9-12H2,1-3H3,(H,21,25). The van der Waals surface area contributed by atoms with Crippen molar-refractivity contribution in [2.24, 2.45) is 0 Å². The molecule has 2 heterocycles. The summed E-state index contributed by atoms with van der Waals surface area (Å²) in [6, 6.07) is 7.41. The molecule has 8 heteroatoms. The van der Waals surface area contributed by atoms with Crippen LogP contribution < -0.4 is 5.32 Å². The van der Waals surface area contributed by atoms with E-state index in [0.717, 1.165) is 41.9 Å². The lowest BCUT2D eigenvalue weighted by molar-refractivity contribution is 0.0956. The van der Waals surface area contributed by atoms with Gasteiger partial charge in [-0.15, -0.1) is 0 Å². The summed E-state index contributed by atoms with van der Waals surface area (Å²) in [5.41, 5.74) is 4.25. The highest BCUT2D eigenvalue weighted by Crippen LogP contribution is 2.18. The molecule has 1 saturated heterocycles. The van der Waals surface area contributed by atoms with Crippen LogP contribution in [0.3, 0.4) is 0 Å². The number of hydrogen-bond donors (Lipinski definition) is 1. The number of aryl methyl sites for hydroxylation is 3. The van der Waals surface area contributed by atoms with E-state index in [9.17, 15) is 13.2 Å². The molecule has 2 aromatic rings. The lowest BCUT2D eigenvalue weighted by atomic mass is 10.1. The largest absolute Gasteiger partial charge is 0.351 e. The minimum Gasteiger partial charge on any atom is -0.351 e. The first-order valence-corrected chi connectivity index (χ1v) is 11.3. The molecule has 1 aliphatic rings. The number of carbonyl (C=O) groups excluding carboxylic acids is 1. The summed E-state index contributed by atoms with van der Waals surface area (Å²) in [5.74, 6) is -0.355. The van der Waals surface area contributed by atoms with Gasteiger partial charge in [-0.1, -0.05) is 12.5 Å². The summed E-state index contributed by atoms with van der Waals surface area (Å²) in [6.45, 7) is 7.13. The van der Waals surface area contributed by atoms with Crippen molar-refractivity contribution in [3.8, 4) is 5.69 Å². The Morgan fingerprint density at radius 2 is 1.82 bits per heavy atom. The highest BCUT2D eigenvalue weighted by Gasteiger charge is 2.23. The molecule has 0 aliphatic carbocycles. The Balaban J connectivity index is 1.66. The van der Waals surface area contributed by atoms with Gasteiger partial charge >= 0.3 is 0 Å². The Morgan fingerprint density at radius 3 is 2.46 bits per heavy atom. The lowest BCUT2D eigenvalue weighted by Crippen LogP contribution is -2.40. The number of carbonyl (C=O) groups is 1. The van der Waals surface area contributed by atoms with Crippen molar-refractivity contribution in [2.45, 2.75) is 40.0 Å². The summed E-state index contributed by atoms with van der Waals surface area (Å²) in [5, 5.41) is 7.23. The van der Waals surface area contributed by atoms with E-state index in [1.165, 1.54) is 4.31 Å². The topological polar surface area (TPSA) is 84.3 Å². The summed E-state index contributed by atoms with van der Waals surface area (Å²) in [7, 11) is -3.32. The van der Waals surface area contributed by atoms with Crippen LogP contribution in [-0.4, -0.2) is 53.8 Å². The molecule has 1 aromatic heterocycles. The van der Waals surface area contributed by atoms with Crippen molar-refractivity contribution in [3.63, 3.8) is 0 Å². The molecule has 1 fully saturated rings. The van der Waals surface area contributed by atoms with E-state index < -0.39 is 10.0 Å². The fourth-order valence-electron chi connectivity index (χ4n) is 3.52. The van der Waals surface area contributed by atoms with Gasteiger partial charge in [0.05, 0.1) is 17.1 Å². The first kappa shape index (κ1) is 20.5. The van der Waals surface area contributed by atoms with E-state index in [-0.39, 0.29) is 18.2 Å². The number of hydrogen-bond acceptors (Lipinski definition) is 4. The predicted molar refractivity (Wildman–Crippen MR) is 109 cm³/mol. The van der Waals surface area contributed by atoms with E-state index in [2.05, 4.69) is 10.4 Å². The molecular formula is C20H28N4O3S. The molecule has 1 aliphatic heterocycles. The zero-order valence-corrected chi connectivity index (χ0v) is 17.6. The Morgan fingerprint density at radius 1 is 1.11 bits per heavy atom. The minimum atomic E-state index is -3.32. The molecule has 3 rings (SSSR count). The number of sulfonamides is 1. The van der Waals surface area contributed by atoms with Gasteiger partial charge < -0.3 is 5.32 Å². The van der Waals surface area contributed by atoms with Crippen LogP contribution in [0.2, 0.25) is 0 Å². The second-order valence-corrected chi connectivity index (χ2v) is 9.46. The molecule has 0 spiro atoms. The molecule has 0 atom stereocenters. The summed E-state index contributed by atoms with van der Waals surface area (Å²) < 4.78 is 28.1. The zero-order chi connectivity index (χ0) is 20.3. The van der Waals surface area contributed by atoms with Crippen LogP contribution in [-0.2, 0) is 10.0 Å². The highest BCUT2D eigenvalue weighted by atomic mass is 32.2.